The van der Waals surface area contributed by atoms with Crippen LogP contribution < -0.4 is 0 Å². The number of hydrogen-bond acceptors (Lipinski definition) is 2. The molecular formula is C11H14O2S. The van der Waals surface area contributed by atoms with Crippen molar-refractivity contribution in [1.82, 2.24) is 0 Å². The van der Waals surface area contributed by atoms with Crippen LogP contribution >= 0.6 is 0 Å². The van der Waals surface area contributed by atoms with Crippen LogP contribution in [0.2, 0.25) is 0 Å². The Morgan fingerprint density at radius 3 is 2.43 bits per heavy atom. The van der Waals surface area contributed by atoms with Gasteiger partial charge in [-0.3, -0.25) is 0 Å². The molecule has 0 radical (unpaired) electrons. The van der Waals surface area contributed by atoms with Gasteiger partial charge in [0, 0.05) is 0 Å². The van der Waals surface area contributed by atoms with Crippen molar-refractivity contribution < 1.29 is 8.42 Å². The molecule has 14 heavy (non-hydrogen) atoms. The third-order valence-corrected chi connectivity index (χ3v) is 5.02. The molecule has 1 aromatic rings. The third-order valence-electron chi connectivity index (χ3n) is 2.61. The van der Waals surface area contributed by atoms with Crippen LogP contribution in [0.25, 0.3) is 0 Å². The van der Waals surface area contributed by atoms with Crippen molar-refractivity contribution in [3.63, 3.8) is 0 Å². The van der Waals surface area contributed by atoms with Crippen LogP contribution in [0.1, 0.15) is 24.0 Å². The second-order valence-corrected chi connectivity index (χ2v) is 6.21. The van der Waals surface area contributed by atoms with Gasteiger partial charge >= 0.3 is 0 Å². The van der Waals surface area contributed by atoms with Crippen LogP contribution in [0.5, 0.6) is 0 Å². The van der Waals surface area contributed by atoms with Crippen molar-refractivity contribution in [2.24, 2.45) is 0 Å². The molecule has 1 aliphatic rings. The van der Waals surface area contributed by atoms with Crippen LogP contribution in [0.4, 0.5) is 0 Å². The van der Waals surface area contributed by atoms with Crippen molar-refractivity contribution in [2.45, 2.75) is 36.8 Å². The van der Waals surface area contributed by atoms with E-state index in [2.05, 4.69) is 0 Å². The Hall–Kier alpha value is -0.830. The summed E-state index contributed by atoms with van der Waals surface area (Å²) in [6.07, 6.45) is 1.66. The van der Waals surface area contributed by atoms with Crippen molar-refractivity contribution in [1.29, 1.82) is 0 Å². The molecule has 76 valence electrons. The lowest BCUT2D eigenvalue weighted by atomic mass is 10.2. The third kappa shape index (κ3) is 1.57. The number of sulfone groups is 1. The second-order valence-electron chi connectivity index (χ2n) is 4.01. The normalized spacial score (nSPS) is 17.0. The molecule has 0 aliphatic heterocycles. The molecule has 0 spiro atoms. The van der Waals surface area contributed by atoms with Crippen molar-refractivity contribution in [2.75, 3.05) is 0 Å². The van der Waals surface area contributed by atoms with Gasteiger partial charge in [0.05, 0.1) is 10.1 Å². The molecular weight excluding hydrogens is 196 g/mol. The predicted octanol–water partition coefficient (Wildman–Crippen LogP) is 2.24. The number of hydrogen-bond donors (Lipinski definition) is 0. The summed E-state index contributed by atoms with van der Waals surface area (Å²) in [5, 5.41) is -0.108. The fourth-order valence-electron chi connectivity index (χ4n) is 1.57. The van der Waals surface area contributed by atoms with E-state index >= 15 is 0 Å². The molecule has 0 heterocycles. The van der Waals surface area contributed by atoms with Gasteiger partial charge in [0.15, 0.2) is 9.84 Å². The lowest BCUT2D eigenvalue weighted by Crippen LogP contribution is -2.09. The van der Waals surface area contributed by atoms with E-state index in [4.69, 9.17) is 0 Å². The Kier molecular flexibility index (Phi) is 2.14. The average Bonchev–Trinajstić information content (AvgIpc) is 2.91. The zero-order valence-electron chi connectivity index (χ0n) is 8.45. The Balaban J connectivity index is 2.55. The molecule has 0 atom stereocenters. The first-order valence-corrected chi connectivity index (χ1v) is 6.37. The lowest BCUT2D eigenvalue weighted by Gasteiger charge is -2.07. The summed E-state index contributed by atoms with van der Waals surface area (Å²) in [7, 11) is -3.02. The smallest absolute Gasteiger partial charge is 0.181 e. The van der Waals surface area contributed by atoms with E-state index < -0.39 is 9.84 Å². The van der Waals surface area contributed by atoms with Gasteiger partial charge in [-0.05, 0) is 43.9 Å². The number of benzene rings is 1. The predicted molar refractivity (Wildman–Crippen MR) is 56.1 cm³/mol. The first-order valence-electron chi connectivity index (χ1n) is 4.83. The van der Waals surface area contributed by atoms with Gasteiger partial charge in [0.25, 0.3) is 0 Å². The fourth-order valence-corrected chi connectivity index (χ4v) is 3.55. The van der Waals surface area contributed by atoms with Crippen molar-refractivity contribution in [3.05, 3.63) is 29.3 Å². The van der Waals surface area contributed by atoms with Gasteiger partial charge in [-0.1, -0.05) is 12.1 Å². The first kappa shape index (κ1) is 9.71. The highest BCUT2D eigenvalue weighted by atomic mass is 32.2. The van der Waals surface area contributed by atoms with E-state index in [1.807, 2.05) is 26.0 Å². The quantitative estimate of drug-likeness (QED) is 0.750. The molecule has 1 saturated carbocycles. The summed E-state index contributed by atoms with van der Waals surface area (Å²) >= 11 is 0. The van der Waals surface area contributed by atoms with Gasteiger partial charge in [-0.15, -0.1) is 0 Å². The Bertz CT molecular complexity index is 456. The molecule has 2 rings (SSSR count). The number of rotatable bonds is 2. The second kappa shape index (κ2) is 3.09. The molecule has 0 N–H and O–H groups in total. The molecule has 1 aromatic carbocycles. The van der Waals surface area contributed by atoms with Crippen LogP contribution in [-0.2, 0) is 9.84 Å². The topological polar surface area (TPSA) is 34.1 Å². The maximum absolute atomic E-state index is 12.0. The molecule has 2 nitrogen and oxygen atoms in total. The summed E-state index contributed by atoms with van der Waals surface area (Å²) in [5.41, 5.74) is 1.87. The van der Waals surface area contributed by atoms with E-state index in [-0.39, 0.29) is 5.25 Å². The van der Waals surface area contributed by atoms with Crippen LogP contribution in [0.15, 0.2) is 23.1 Å². The lowest BCUT2D eigenvalue weighted by molar-refractivity contribution is 0.594. The highest BCUT2D eigenvalue weighted by molar-refractivity contribution is 7.92. The van der Waals surface area contributed by atoms with E-state index in [0.717, 1.165) is 24.0 Å². The van der Waals surface area contributed by atoms with Crippen LogP contribution in [-0.4, -0.2) is 13.7 Å². The number of aryl methyl sites for hydroxylation is 2. The van der Waals surface area contributed by atoms with Crippen LogP contribution in [0, 0.1) is 13.8 Å². The molecule has 3 heteroatoms. The fraction of sp³-hybridized carbons (Fsp3) is 0.455. The molecule has 1 aliphatic carbocycles. The summed E-state index contributed by atoms with van der Waals surface area (Å²) in [4.78, 5) is 0.528. The molecule has 0 bridgehead atoms. The van der Waals surface area contributed by atoms with E-state index in [0.29, 0.717) is 4.90 Å². The maximum atomic E-state index is 12.0. The summed E-state index contributed by atoms with van der Waals surface area (Å²) in [6.45, 7) is 3.78. The Morgan fingerprint density at radius 2 is 1.86 bits per heavy atom. The van der Waals surface area contributed by atoms with Gasteiger partial charge in [0.2, 0.25) is 0 Å². The molecule has 0 aromatic heterocycles. The zero-order chi connectivity index (χ0) is 10.3. The highest BCUT2D eigenvalue weighted by Crippen LogP contribution is 2.34. The van der Waals surface area contributed by atoms with Gasteiger partial charge in [-0.2, -0.15) is 0 Å². The Labute approximate surface area is 84.9 Å². The van der Waals surface area contributed by atoms with Crippen molar-refractivity contribution in [3.8, 4) is 0 Å². The molecule has 1 fully saturated rings. The summed E-state index contributed by atoms with van der Waals surface area (Å²) in [6, 6.07) is 5.61. The molecule has 0 amide bonds. The van der Waals surface area contributed by atoms with Gasteiger partial charge in [-0.25, -0.2) is 8.42 Å². The van der Waals surface area contributed by atoms with Gasteiger partial charge in [0.1, 0.15) is 0 Å². The highest BCUT2D eigenvalue weighted by Gasteiger charge is 2.37. The standard InChI is InChI=1S/C11H14O2S/c1-8-3-4-9(2)11(7-8)14(12,13)10-5-6-10/h3-4,7,10H,5-6H2,1-2H3. The molecule has 0 saturated heterocycles. The van der Waals surface area contributed by atoms with E-state index in [1.165, 1.54) is 0 Å². The first-order chi connectivity index (χ1) is 6.51. The maximum Gasteiger partial charge on any atom is 0.181 e. The van der Waals surface area contributed by atoms with E-state index in [9.17, 15) is 8.42 Å². The summed E-state index contributed by atoms with van der Waals surface area (Å²) < 4.78 is 23.9. The Morgan fingerprint density at radius 1 is 1.21 bits per heavy atom. The minimum absolute atomic E-state index is 0.108. The summed E-state index contributed by atoms with van der Waals surface area (Å²) in [5.74, 6) is 0. The zero-order valence-corrected chi connectivity index (χ0v) is 9.26. The van der Waals surface area contributed by atoms with E-state index in [1.54, 1.807) is 6.07 Å². The minimum Gasteiger partial charge on any atom is -0.223 e. The SMILES string of the molecule is Cc1ccc(C)c(S(=O)(=O)C2CC2)c1. The average molecular weight is 210 g/mol. The largest absolute Gasteiger partial charge is 0.223 e. The minimum atomic E-state index is -3.02. The van der Waals surface area contributed by atoms with Gasteiger partial charge < -0.3 is 0 Å². The molecule has 0 unspecified atom stereocenters. The monoisotopic (exact) mass is 210 g/mol. The van der Waals surface area contributed by atoms with Crippen molar-refractivity contribution >= 4 is 9.84 Å². The van der Waals surface area contributed by atoms with Crippen LogP contribution in [0.3, 0.4) is 0 Å².